The number of thiophene rings is 1. The van der Waals surface area contributed by atoms with Gasteiger partial charge in [0, 0.05) is 87.4 Å². The first kappa shape index (κ1) is 32.5. The second-order valence-electron chi connectivity index (χ2n) is 15.3. The van der Waals surface area contributed by atoms with Gasteiger partial charge in [-0.3, -0.25) is 0 Å². The molecular formula is C54H32N2O2S. The van der Waals surface area contributed by atoms with E-state index in [0.717, 1.165) is 66.6 Å². The van der Waals surface area contributed by atoms with Gasteiger partial charge in [-0.1, -0.05) is 103 Å². The number of anilines is 3. The molecule has 0 unspecified atom stereocenters. The van der Waals surface area contributed by atoms with E-state index in [1.165, 1.54) is 53.1 Å². The molecule has 0 atom stereocenters. The standard InChI is InChI=1S/C54H32N2O2S/c1-2-11-34(12-3-1)56-46-17-7-4-15-45(46)54-38(16-10-18-47(54)56)33-21-25-43-44-28-24-37(32-53(44)59-52(43)29-33)55(35-22-26-41-39-13-5-8-19-48(39)57-50(41)30-35)36-23-27-42-40-14-6-9-20-49(40)58-51(42)31-36/h1-32H. The average molecular weight is 773 g/mol. The lowest BCUT2D eigenvalue weighted by atomic mass is 9.98. The summed E-state index contributed by atoms with van der Waals surface area (Å²) in [7, 11) is 0. The van der Waals surface area contributed by atoms with Crippen LogP contribution >= 0.6 is 11.3 Å². The summed E-state index contributed by atoms with van der Waals surface area (Å²) in [5, 5.41) is 9.49. The molecule has 13 aromatic rings. The summed E-state index contributed by atoms with van der Waals surface area (Å²) in [4.78, 5) is 2.32. The van der Waals surface area contributed by atoms with Crippen molar-refractivity contribution in [2.45, 2.75) is 0 Å². The van der Waals surface area contributed by atoms with E-state index in [0.29, 0.717) is 0 Å². The van der Waals surface area contributed by atoms with Gasteiger partial charge in [-0.2, -0.15) is 0 Å². The van der Waals surface area contributed by atoms with Crippen LogP contribution in [0.25, 0.3) is 103 Å². The van der Waals surface area contributed by atoms with Crippen LogP contribution in [-0.4, -0.2) is 4.57 Å². The summed E-state index contributed by atoms with van der Waals surface area (Å²) in [6.07, 6.45) is 0. The summed E-state index contributed by atoms with van der Waals surface area (Å²) in [5.41, 5.74) is 12.6. The van der Waals surface area contributed by atoms with Gasteiger partial charge in [0.05, 0.1) is 11.0 Å². The van der Waals surface area contributed by atoms with Crippen molar-refractivity contribution in [1.29, 1.82) is 0 Å². The van der Waals surface area contributed by atoms with Crippen LogP contribution in [-0.2, 0) is 0 Å². The van der Waals surface area contributed by atoms with Gasteiger partial charge in [-0.25, -0.2) is 0 Å². The first-order valence-corrected chi connectivity index (χ1v) is 20.7. The number of aromatic nitrogens is 1. The molecule has 0 saturated heterocycles. The number of nitrogens with zero attached hydrogens (tertiary/aromatic N) is 2. The molecule has 0 N–H and O–H groups in total. The smallest absolute Gasteiger partial charge is 0.137 e. The van der Waals surface area contributed by atoms with Crippen LogP contribution < -0.4 is 4.90 Å². The highest BCUT2D eigenvalue weighted by molar-refractivity contribution is 7.25. The van der Waals surface area contributed by atoms with E-state index in [1.54, 1.807) is 0 Å². The van der Waals surface area contributed by atoms with E-state index >= 15 is 0 Å². The van der Waals surface area contributed by atoms with E-state index in [9.17, 15) is 0 Å². The topological polar surface area (TPSA) is 34.5 Å². The van der Waals surface area contributed by atoms with Crippen molar-refractivity contribution < 1.29 is 8.83 Å². The number of benzene rings is 9. The van der Waals surface area contributed by atoms with E-state index in [-0.39, 0.29) is 0 Å². The molecule has 0 spiro atoms. The molecule has 59 heavy (non-hydrogen) atoms. The van der Waals surface area contributed by atoms with Crippen molar-refractivity contribution in [1.82, 2.24) is 4.57 Å². The molecule has 0 saturated carbocycles. The SMILES string of the molecule is c1ccc(-n2c3ccccc3c3c(-c4ccc5c(c4)sc4cc(N(c6ccc7c(c6)oc6ccccc67)c6ccc7c(c6)oc6ccccc67)ccc45)cccc32)cc1. The highest BCUT2D eigenvalue weighted by Crippen LogP contribution is 2.45. The molecule has 9 aromatic carbocycles. The highest BCUT2D eigenvalue weighted by Gasteiger charge is 2.20. The second kappa shape index (κ2) is 12.4. The van der Waals surface area contributed by atoms with Crippen LogP contribution in [0, 0.1) is 0 Å². The largest absolute Gasteiger partial charge is 0.456 e. The third-order valence-electron chi connectivity index (χ3n) is 12.0. The Morgan fingerprint density at radius 2 is 0.898 bits per heavy atom. The summed E-state index contributed by atoms with van der Waals surface area (Å²) in [6, 6.07) is 69.5. The van der Waals surface area contributed by atoms with Gasteiger partial charge in [0.15, 0.2) is 0 Å². The average Bonchev–Trinajstić information content (AvgIpc) is 4.04. The monoisotopic (exact) mass is 772 g/mol. The first-order valence-electron chi connectivity index (χ1n) is 19.9. The van der Waals surface area contributed by atoms with Crippen molar-refractivity contribution >= 4 is 114 Å². The number of fused-ring (bicyclic) bond motifs is 12. The molecule has 0 aliphatic rings. The Kier molecular flexibility index (Phi) is 6.85. The Balaban J connectivity index is 0.973. The van der Waals surface area contributed by atoms with E-state index in [1.807, 2.05) is 35.6 Å². The number of para-hydroxylation sites is 4. The maximum atomic E-state index is 6.41. The zero-order chi connectivity index (χ0) is 38.6. The Bertz CT molecular complexity index is 3700. The third-order valence-corrected chi connectivity index (χ3v) is 13.1. The summed E-state index contributed by atoms with van der Waals surface area (Å²) < 4.78 is 17.7. The van der Waals surface area contributed by atoms with Crippen molar-refractivity contribution in [2.75, 3.05) is 4.90 Å². The summed E-state index contributed by atoms with van der Waals surface area (Å²) in [5.74, 6) is 0. The molecule has 0 bridgehead atoms. The van der Waals surface area contributed by atoms with Gasteiger partial charge in [-0.15, -0.1) is 11.3 Å². The Labute approximate surface area is 342 Å². The number of hydrogen-bond donors (Lipinski definition) is 0. The Morgan fingerprint density at radius 1 is 0.373 bits per heavy atom. The first-order chi connectivity index (χ1) is 29.2. The molecule has 0 aliphatic heterocycles. The molecule has 0 aliphatic carbocycles. The van der Waals surface area contributed by atoms with Gasteiger partial charge in [0.2, 0.25) is 0 Å². The zero-order valence-electron chi connectivity index (χ0n) is 31.6. The molecule has 0 radical (unpaired) electrons. The molecule has 4 aromatic heterocycles. The lowest BCUT2D eigenvalue weighted by Crippen LogP contribution is -2.09. The Hall–Kier alpha value is -7.60. The van der Waals surface area contributed by atoms with Gasteiger partial charge < -0.3 is 18.3 Å². The molecule has 5 heteroatoms. The predicted molar refractivity (Wildman–Crippen MR) is 248 cm³/mol. The second-order valence-corrected chi connectivity index (χ2v) is 16.4. The van der Waals surface area contributed by atoms with Gasteiger partial charge in [-0.05, 0) is 90.0 Å². The van der Waals surface area contributed by atoms with Gasteiger partial charge >= 0.3 is 0 Å². The van der Waals surface area contributed by atoms with Crippen LogP contribution in [0.3, 0.4) is 0 Å². The highest BCUT2D eigenvalue weighted by atomic mass is 32.1. The maximum absolute atomic E-state index is 6.41. The lowest BCUT2D eigenvalue weighted by Gasteiger charge is -2.25. The van der Waals surface area contributed by atoms with Crippen LogP contribution in [0.15, 0.2) is 203 Å². The van der Waals surface area contributed by atoms with E-state index in [2.05, 4.69) is 179 Å². The molecule has 13 rings (SSSR count). The minimum Gasteiger partial charge on any atom is -0.456 e. The van der Waals surface area contributed by atoms with Crippen LogP contribution in [0.1, 0.15) is 0 Å². The number of furan rings is 2. The van der Waals surface area contributed by atoms with Crippen LogP contribution in [0.4, 0.5) is 17.1 Å². The minimum atomic E-state index is 0.857. The summed E-state index contributed by atoms with van der Waals surface area (Å²) >= 11 is 1.85. The molecular weight excluding hydrogens is 741 g/mol. The maximum Gasteiger partial charge on any atom is 0.137 e. The normalized spacial score (nSPS) is 12.1. The Morgan fingerprint density at radius 3 is 1.59 bits per heavy atom. The van der Waals surface area contributed by atoms with Crippen molar-refractivity contribution in [3.8, 4) is 16.8 Å². The van der Waals surface area contributed by atoms with Crippen molar-refractivity contribution in [3.05, 3.63) is 194 Å². The van der Waals surface area contributed by atoms with E-state index in [4.69, 9.17) is 8.83 Å². The number of rotatable bonds is 5. The zero-order valence-corrected chi connectivity index (χ0v) is 32.4. The third kappa shape index (κ3) is 4.89. The van der Waals surface area contributed by atoms with Gasteiger partial charge in [0.25, 0.3) is 0 Å². The molecule has 4 heterocycles. The predicted octanol–water partition coefficient (Wildman–Crippen LogP) is 16.1. The fourth-order valence-corrected chi connectivity index (χ4v) is 10.5. The van der Waals surface area contributed by atoms with Crippen molar-refractivity contribution in [3.63, 3.8) is 0 Å². The van der Waals surface area contributed by atoms with Crippen molar-refractivity contribution in [2.24, 2.45) is 0 Å². The fraction of sp³-hybridized carbons (Fsp3) is 0. The fourth-order valence-electron chi connectivity index (χ4n) is 9.34. The molecule has 4 nitrogen and oxygen atoms in total. The van der Waals surface area contributed by atoms with E-state index < -0.39 is 0 Å². The molecule has 0 fully saturated rings. The van der Waals surface area contributed by atoms with Crippen LogP contribution in [0.5, 0.6) is 0 Å². The van der Waals surface area contributed by atoms with Gasteiger partial charge in [0.1, 0.15) is 22.3 Å². The molecule has 0 amide bonds. The number of hydrogen-bond acceptors (Lipinski definition) is 4. The lowest BCUT2D eigenvalue weighted by molar-refractivity contribution is 0.669. The summed E-state index contributed by atoms with van der Waals surface area (Å²) in [6.45, 7) is 0. The molecule has 276 valence electrons. The quantitative estimate of drug-likeness (QED) is 0.175. The minimum absolute atomic E-state index is 0.857. The van der Waals surface area contributed by atoms with Crippen LogP contribution in [0.2, 0.25) is 0 Å².